The molecule has 1 aromatic heterocycles. The summed E-state index contributed by atoms with van der Waals surface area (Å²) < 4.78 is 13.0. The maximum atomic E-state index is 14.0. The van der Waals surface area contributed by atoms with E-state index >= 15 is 0 Å². The van der Waals surface area contributed by atoms with Crippen molar-refractivity contribution in [2.45, 2.75) is 125 Å². The fraction of sp³-hybridized carbons (Fsp3) is 0.667. The smallest absolute Gasteiger partial charge is 0.309 e. The predicted molar refractivity (Wildman–Crippen MR) is 174 cm³/mol. The maximum Gasteiger partial charge on any atom is 0.309 e. The Bertz CT molecular complexity index is 1130. The number of esters is 1. The van der Waals surface area contributed by atoms with Crippen LogP contribution in [0.1, 0.15) is 92.3 Å². The molecule has 0 bridgehead atoms. The fourth-order valence-electron chi connectivity index (χ4n) is 5.58. The van der Waals surface area contributed by atoms with Crippen molar-refractivity contribution in [3.05, 3.63) is 45.5 Å². The van der Waals surface area contributed by atoms with Gasteiger partial charge in [-0.1, -0.05) is 72.3 Å². The van der Waals surface area contributed by atoms with E-state index in [1.54, 1.807) is 6.92 Å². The molecule has 0 aliphatic carbocycles. The van der Waals surface area contributed by atoms with E-state index in [2.05, 4.69) is 25.8 Å². The van der Waals surface area contributed by atoms with Crippen LogP contribution < -0.4 is 0 Å². The number of Topliss-reactive ketones (excluding diaryl/α,β-unsaturated/α-hetero) is 1. The number of carbonyl (C=O) groups is 2. The van der Waals surface area contributed by atoms with E-state index in [1.165, 1.54) is 11.3 Å². The van der Waals surface area contributed by atoms with Crippen molar-refractivity contribution >= 4 is 37.5 Å². The summed E-state index contributed by atoms with van der Waals surface area (Å²) in [5.41, 5.74) is 1.56. The average Bonchev–Trinajstić information content (AvgIpc) is 3.43. The van der Waals surface area contributed by atoms with Gasteiger partial charge in [0.2, 0.25) is 0 Å². The second kappa shape index (κ2) is 16.2. The molecule has 0 radical (unpaired) electrons. The molecule has 2 rings (SSSR count). The van der Waals surface area contributed by atoms with Crippen LogP contribution in [0, 0.1) is 17.3 Å². The third-order valence-electron chi connectivity index (χ3n) is 9.03. The van der Waals surface area contributed by atoms with Crippen molar-refractivity contribution in [3.63, 3.8) is 0 Å². The maximum absolute atomic E-state index is 14.0. The molecule has 0 spiro atoms. The number of hydrogen-bond acceptors (Lipinski definition) is 8. The molecule has 0 unspecified atom stereocenters. The van der Waals surface area contributed by atoms with Crippen molar-refractivity contribution in [3.8, 4) is 0 Å². The van der Waals surface area contributed by atoms with Gasteiger partial charge in [0, 0.05) is 23.1 Å². The topological polar surface area (TPSA) is 106 Å². The Morgan fingerprint density at radius 1 is 1.19 bits per heavy atom. The van der Waals surface area contributed by atoms with Gasteiger partial charge in [-0.25, -0.2) is 4.98 Å². The zero-order valence-corrected chi connectivity index (χ0v) is 28.9. The molecule has 0 aromatic carbocycles. The molecular weight excluding hydrogens is 567 g/mol. The third kappa shape index (κ3) is 9.54. The number of carbonyl (C=O) groups excluding carboxylic acids is 2. The zero-order chi connectivity index (χ0) is 31.7. The lowest BCUT2D eigenvalue weighted by Crippen LogP contribution is -2.51. The molecular formula is C33H53NO6SSi. The Labute approximate surface area is 258 Å². The van der Waals surface area contributed by atoms with E-state index in [4.69, 9.17) is 9.16 Å². The molecule has 236 valence electrons. The first-order chi connectivity index (χ1) is 19.7. The molecule has 5 atom stereocenters. The number of aliphatic hydroxyl groups is 2. The summed E-state index contributed by atoms with van der Waals surface area (Å²) in [7, 11) is -2.21. The lowest BCUT2D eigenvalue weighted by Gasteiger charge is -2.42. The monoisotopic (exact) mass is 619 g/mol. The molecule has 9 heteroatoms. The van der Waals surface area contributed by atoms with E-state index in [9.17, 15) is 19.8 Å². The number of thiazole rings is 1. The van der Waals surface area contributed by atoms with Gasteiger partial charge in [-0.15, -0.1) is 11.3 Å². The summed E-state index contributed by atoms with van der Waals surface area (Å²) in [5, 5.41) is 23.1. The first-order valence-corrected chi connectivity index (χ1v) is 18.8. The van der Waals surface area contributed by atoms with Crippen LogP contribution in [0.25, 0.3) is 6.08 Å². The highest BCUT2D eigenvalue weighted by Crippen LogP contribution is 2.37. The number of hydrogen-bond donors (Lipinski definition) is 2. The number of ether oxygens (including phenoxy) is 1. The normalized spacial score (nSPS) is 29.1. The predicted octanol–water partition coefficient (Wildman–Crippen LogP) is 7.26. The molecule has 0 saturated carbocycles. The first kappa shape index (κ1) is 36.3. The Morgan fingerprint density at radius 3 is 2.40 bits per heavy atom. The van der Waals surface area contributed by atoms with Gasteiger partial charge in [-0.3, -0.25) is 9.59 Å². The fourth-order valence-corrected chi connectivity index (χ4v) is 9.18. The van der Waals surface area contributed by atoms with Crippen LogP contribution in [0.2, 0.25) is 18.1 Å². The number of aliphatic hydroxyl groups excluding tert-OH is 2. The van der Waals surface area contributed by atoms with Gasteiger partial charge in [-0.05, 0) is 56.0 Å². The van der Waals surface area contributed by atoms with Crippen molar-refractivity contribution in [2.75, 3.05) is 0 Å². The summed E-state index contributed by atoms with van der Waals surface area (Å²) >= 11 is 1.38. The highest BCUT2D eigenvalue weighted by molar-refractivity contribution is 7.09. The van der Waals surface area contributed by atoms with Crippen LogP contribution in [0.4, 0.5) is 0 Å². The van der Waals surface area contributed by atoms with Crippen molar-refractivity contribution in [1.82, 2.24) is 4.98 Å². The molecule has 0 fully saturated rings. The van der Waals surface area contributed by atoms with E-state index in [0.29, 0.717) is 23.5 Å². The minimum Gasteiger partial charge on any atom is -0.457 e. The van der Waals surface area contributed by atoms with Crippen LogP contribution in [-0.4, -0.2) is 53.6 Å². The van der Waals surface area contributed by atoms with Gasteiger partial charge >= 0.3 is 5.97 Å². The lowest BCUT2D eigenvalue weighted by molar-refractivity contribution is -0.153. The van der Waals surface area contributed by atoms with Crippen LogP contribution >= 0.6 is 11.3 Å². The summed E-state index contributed by atoms with van der Waals surface area (Å²) in [6.45, 7) is 17.6. The minimum absolute atomic E-state index is 0.0520. The Morgan fingerprint density at radius 2 is 1.83 bits per heavy atom. The van der Waals surface area contributed by atoms with Crippen molar-refractivity contribution < 1.29 is 29.0 Å². The van der Waals surface area contributed by atoms with Crippen LogP contribution in [0.3, 0.4) is 0 Å². The van der Waals surface area contributed by atoms with E-state index in [0.717, 1.165) is 29.3 Å². The molecule has 7 nitrogen and oxygen atoms in total. The highest BCUT2D eigenvalue weighted by atomic mass is 32.1. The minimum atomic E-state index is -2.21. The largest absolute Gasteiger partial charge is 0.457 e. The molecule has 2 heterocycles. The second-order valence-electron chi connectivity index (χ2n) is 12.4. The SMILES string of the molecule is CC[Si](CC)(CC)O[C@H]1CC(=O)O[C@H](/C(C)=C/c2csc(CO)n2)C/C=C(C)\C=C\C[C@H](C)[C@H](O)[C@@H](C)C(=O)C1(C)C. The average molecular weight is 620 g/mol. The summed E-state index contributed by atoms with van der Waals surface area (Å²) in [6.07, 6.45) is 7.01. The number of aromatic nitrogens is 1. The molecule has 1 aromatic rings. The van der Waals surface area contributed by atoms with Crippen LogP contribution in [0.5, 0.6) is 0 Å². The lowest BCUT2D eigenvalue weighted by atomic mass is 9.73. The summed E-state index contributed by atoms with van der Waals surface area (Å²) in [5.74, 6) is -1.25. The van der Waals surface area contributed by atoms with Gasteiger partial charge in [0.25, 0.3) is 0 Å². The Kier molecular flexibility index (Phi) is 14.0. The van der Waals surface area contributed by atoms with Gasteiger partial charge < -0.3 is 19.4 Å². The molecule has 0 amide bonds. The number of cyclic esters (lactones) is 1. The van der Waals surface area contributed by atoms with Crippen molar-refractivity contribution in [2.24, 2.45) is 17.3 Å². The number of nitrogens with zero attached hydrogens (tertiary/aromatic N) is 1. The summed E-state index contributed by atoms with van der Waals surface area (Å²) in [6, 6.07) is 2.65. The van der Waals surface area contributed by atoms with Crippen molar-refractivity contribution in [1.29, 1.82) is 0 Å². The third-order valence-corrected chi connectivity index (χ3v) is 14.5. The molecule has 42 heavy (non-hydrogen) atoms. The number of allylic oxidation sites excluding steroid dienone is 3. The van der Waals surface area contributed by atoms with Gasteiger partial charge in [-0.2, -0.15) is 0 Å². The van der Waals surface area contributed by atoms with E-state index < -0.39 is 43.9 Å². The number of rotatable bonds is 8. The summed E-state index contributed by atoms with van der Waals surface area (Å²) in [4.78, 5) is 32.1. The van der Waals surface area contributed by atoms with E-state index in [-0.39, 0.29) is 24.7 Å². The van der Waals surface area contributed by atoms with Crippen LogP contribution in [-0.2, 0) is 25.4 Å². The quantitative estimate of drug-likeness (QED) is 0.233. The Balaban J connectivity index is 2.56. The van der Waals surface area contributed by atoms with Gasteiger partial charge in [0.1, 0.15) is 16.9 Å². The number of ketones is 1. The standard InChI is InChI=1S/C33H53NO6SSi/c1-10-42(11-2,12-3)40-28-19-30(36)39-27(24(6)18-26-21-41-29(20-35)34-26)17-16-22(4)14-13-15-23(5)31(37)25(7)32(38)33(28,8)9/h13-14,16,18,21,23,25,27-28,31,35,37H,10-12,15,17,19-20H2,1-9H3/b14-13+,22-16-,24-18+/t23-,25+,27-,28-,31-/m0/s1. The molecule has 2 N–H and O–H groups in total. The Hall–Kier alpha value is -1.91. The highest BCUT2D eigenvalue weighted by Gasteiger charge is 2.46. The second-order valence-corrected chi connectivity index (χ2v) is 18.1. The zero-order valence-electron chi connectivity index (χ0n) is 27.1. The van der Waals surface area contributed by atoms with Gasteiger partial charge in [0.15, 0.2) is 8.32 Å². The van der Waals surface area contributed by atoms with E-state index in [1.807, 2.05) is 64.3 Å². The molecule has 1 aliphatic heterocycles. The molecule has 0 saturated heterocycles. The van der Waals surface area contributed by atoms with Gasteiger partial charge in [0.05, 0.1) is 30.9 Å². The van der Waals surface area contributed by atoms with Crippen LogP contribution in [0.15, 0.2) is 34.8 Å². The first-order valence-electron chi connectivity index (χ1n) is 15.4. The molecule has 1 aliphatic rings.